The highest BCUT2D eigenvalue weighted by molar-refractivity contribution is 6.07. The van der Waals surface area contributed by atoms with E-state index in [-0.39, 0.29) is 5.91 Å². The summed E-state index contributed by atoms with van der Waals surface area (Å²) in [6, 6.07) is 28.8. The fraction of sp³-hybridized carbons (Fsp3) is 0.281. The molecule has 5 rings (SSSR count). The summed E-state index contributed by atoms with van der Waals surface area (Å²) in [5.74, 6) is 0.319. The Labute approximate surface area is 219 Å². The molecule has 3 aromatic carbocycles. The molecule has 1 amide bonds. The van der Waals surface area contributed by atoms with Gasteiger partial charge in [0.1, 0.15) is 0 Å². The van der Waals surface area contributed by atoms with Crippen LogP contribution >= 0.6 is 0 Å². The van der Waals surface area contributed by atoms with Gasteiger partial charge >= 0.3 is 0 Å². The van der Waals surface area contributed by atoms with E-state index in [1.54, 1.807) is 0 Å². The number of hydrogen-bond acceptors (Lipinski definition) is 4. The van der Waals surface area contributed by atoms with E-state index >= 15 is 0 Å². The van der Waals surface area contributed by atoms with Crippen LogP contribution in [0.4, 0.5) is 0 Å². The monoisotopic (exact) mass is 490 g/mol. The molecule has 37 heavy (non-hydrogen) atoms. The van der Waals surface area contributed by atoms with Gasteiger partial charge < -0.3 is 0 Å². The summed E-state index contributed by atoms with van der Waals surface area (Å²) < 4.78 is 0. The maximum Gasteiger partial charge on any atom is 0.272 e. The van der Waals surface area contributed by atoms with Gasteiger partial charge in [0, 0.05) is 49.1 Å². The second kappa shape index (κ2) is 11.5. The van der Waals surface area contributed by atoms with Crippen LogP contribution in [0.15, 0.2) is 90.0 Å². The highest BCUT2D eigenvalue weighted by Crippen LogP contribution is 2.27. The predicted octanol–water partition coefficient (Wildman–Crippen LogP) is 6.80. The topological polar surface area (TPSA) is 57.6 Å². The zero-order chi connectivity index (χ0) is 25.6. The molecular weight excluding hydrogens is 456 g/mol. The number of likely N-dealkylation sites (tertiary alicyclic amines) is 1. The number of nitrogens with one attached hydrogen (secondary N) is 1. The van der Waals surface area contributed by atoms with E-state index < -0.39 is 0 Å². The number of fused-ring (bicyclic) bond motifs is 1. The van der Waals surface area contributed by atoms with E-state index in [9.17, 15) is 4.79 Å². The molecule has 5 heteroatoms. The van der Waals surface area contributed by atoms with Crippen LogP contribution in [0, 0.1) is 0 Å². The van der Waals surface area contributed by atoms with Gasteiger partial charge in [-0.2, -0.15) is 5.10 Å². The van der Waals surface area contributed by atoms with Gasteiger partial charge in [0.15, 0.2) is 0 Å². The van der Waals surface area contributed by atoms with Crippen molar-refractivity contribution in [2.45, 2.75) is 45.6 Å². The number of nitrogens with zero attached hydrogens (tertiary/aromatic N) is 3. The Morgan fingerprint density at radius 2 is 1.68 bits per heavy atom. The van der Waals surface area contributed by atoms with Crippen molar-refractivity contribution in [1.82, 2.24) is 15.3 Å². The number of para-hydroxylation sites is 1. The number of piperidine rings is 1. The lowest BCUT2D eigenvalue weighted by Gasteiger charge is -2.27. The molecule has 0 bridgehead atoms. The minimum absolute atomic E-state index is 0.199. The summed E-state index contributed by atoms with van der Waals surface area (Å²) in [6.07, 6.45) is 2.82. The summed E-state index contributed by atoms with van der Waals surface area (Å²) in [5.41, 5.74) is 9.71. The fourth-order valence-electron chi connectivity index (χ4n) is 4.84. The summed E-state index contributed by atoms with van der Waals surface area (Å²) in [6.45, 7) is 7.27. The second-order valence-electron chi connectivity index (χ2n) is 9.88. The minimum atomic E-state index is -0.199. The first-order valence-corrected chi connectivity index (χ1v) is 13.2. The van der Waals surface area contributed by atoms with E-state index in [1.165, 1.54) is 11.1 Å². The van der Waals surface area contributed by atoms with E-state index in [2.05, 4.69) is 77.8 Å². The molecule has 188 valence electrons. The number of rotatable bonds is 7. The molecule has 1 saturated heterocycles. The predicted molar refractivity (Wildman–Crippen MR) is 152 cm³/mol. The summed E-state index contributed by atoms with van der Waals surface area (Å²) in [4.78, 5) is 20.6. The normalized spacial score (nSPS) is 14.9. The van der Waals surface area contributed by atoms with Gasteiger partial charge in [-0.15, -0.1) is 0 Å². The van der Waals surface area contributed by atoms with Crippen LogP contribution in [-0.2, 0) is 6.54 Å². The zero-order valence-corrected chi connectivity index (χ0v) is 21.7. The van der Waals surface area contributed by atoms with E-state index in [4.69, 9.17) is 4.98 Å². The van der Waals surface area contributed by atoms with Crippen molar-refractivity contribution in [3.63, 3.8) is 0 Å². The van der Waals surface area contributed by atoms with Gasteiger partial charge in [0.25, 0.3) is 5.91 Å². The van der Waals surface area contributed by atoms with Crippen molar-refractivity contribution in [3.8, 4) is 11.3 Å². The van der Waals surface area contributed by atoms with Crippen molar-refractivity contribution in [1.29, 1.82) is 0 Å². The van der Waals surface area contributed by atoms with Crippen molar-refractivity contribution >= 4 is 22.5 Å². The van der Waals surface area contributed by atoms with Crippen LogP contribution in [0.1, 0.15) is 60.5 Å². The zero-order valence-electron chi connectivity index (χ0n) is 21.7. The molecule has 0 unspecified atom stereocenters. The largest absolute Gasteiger partial charge is 0.298 e. The second-order valence-corrected chi connectivity index (χ2v) is 9.88. The molecule has 1 fully saturated rings. The van der Waals surface area contributed by atoms with Gasteiger partial charge in [-0.3, -0.25) is 9.69 Å². The summed E-state index contributed by atoms with van der Waals surface area (Å²) >= 11 is 0. The van der Waals surface area contributed by atoms with Crippen molar-refractivity contribution in [2.24, 2.45) is 5.10 Å². The van der Waals surface area contributed by atoms with Crippen molar-refractivity contribution < 1.29 is 4.79 Å². The standard InChI is InChI=1S/C32H34N4O/c1-3-23(2)25-13-15-26(16-14-25)31-21-29(28-11-7-8-12-30(28)33-31)32(37)35-34-27-17-19-36(20-18-27)22-24-9-5-4-6-10-24/h4-16,21,23H,3,17-20,22H2,1-2H3,(H,35,37)/t23-/m1/s1. The molecular formula is C32H34N4O. The third-order valence-corrected chi connectivity index (χ3v) is 7.35. The number of hydrogen-bond donors (Lipinski definition) is 1. The molecule has 1 aliphatic rings. The highest BCUT2D eigenvalue weighted by atomic mass is 16.2. The molecule has 0 radical (unpaired) electrons. The Morgan fingerprint density at radius 3 is 2.41 bits per heavy atom. The number of carbonyl (C=O) groups is 1. The molecule has 2 heterocycles. The van der Waals surface area contributed by atoms with Gasteiger partial charge in [0.05, 0.1) is 16.8 Å². The number of amides is 1. The Balaban J connectivity index is 1.31. The number of hydrazone groups is 1. The Hall–Kier alpha value is -3.83. The summed E-state index contributed by atoms with van der Waals surface area (Å²) in [5, 5.41) is 5.35. The molecule has 5 nitrogen and oxygen atoms in total. The molecule has 1 N–H and O–H groups in total. The van der Waals surface area contributed by atoms with Crippen LogP contribution in [-0.4, -0.2) is 34.6 Å². The first-order valence-electron chi connectivity index (χ1n) is 13.2. The van der Waals surface area contributed by atoms with E-state index in [1.807, 2.05) is 36.4 Å². The summed E-state index contributed by atoms with van der Waals surface area (Å²) in [7, 11) is 0. The lowest BCUT2D eigenvalue weighted by Crippen LogP contribution is -2.34. The Kier molecular flexibility index (Phi) is 7.71. The van der Waals surface area contributed by atoms with Crippen LogP contribution < -0.4 is 5.43 Å². The molecule has 1 aromatic heterocycles. The Morgan fingerprint density at radius 1 is 0.973 bits per heavy atom. The van der Waals surface area contributed by atoms with E-state index in [0.717, 1.165) is 66.8 Å². The lowest BCUT2D eigenvalue weighted by atomic mass is 9.96. The van der Waals surface area contributed by atoms with Crippen molar-refractivity contribution in [3.05, 3.63) is 102 Å². The van der Waals surface area contributed by atoms with Crippen LogP contribution in [0.25, 0.3) is 22.2 Å². The first kappa shape index (κ1) is 24.8. The van der Waals surface area contributed by atoms with Gasteiger partial charge in [-0.05, 0) is 35.6 Å². The third kappa shape index (κ3) is 5.95. The molecule has 0 saturated carbocycles. The Bertz CT molecular complexity index is 1390. The van der Waals surface area contributed by atoms with Crippen molar-refractivity contribution in [2.75, 3.05) is 13.1 Å². The van der Waals surface area contributed by atoms with Gasteiger partial charge in [-0.1, -0.05) is 86.6 Å². The maximum absolute atomic E-state index is 13.3. The smallest absolute Gasteiger partial charge is 0.272 e. The molecule has 0 aliphatic carbocycles. The molecule has 4 aromatic rings. The van der Waals surface area contributed by atoms with Crippen LogP contribution in [0.2, 0.25) is 0 Å². The fourth-order valence-corrected chi connectivity index (χ4v) is 4.84. The SMILES string of the molecule is CC[C@@H](C)c1ccc(-c2cc(C(=O)NN=C3CCN(Cc4ccccc4)CC3)c3ccccc3n2)cc1. The molecule has 1 aliphatic heterocycles. The molecule has 0 spiro atoms. The maximum atomic E-state index is 13.3. The average Bonchev–Trinajstić information content (AvgIpc) is 2.96. The highest BCUT2D eigenvalue weighted by Gasteiger charge is 2.17. The molecule has 1 atom stereocenters. The average molecular weight is 491 g/mol. The van der Waals surface area contributed by atoms with Gasteiger partial charge in [0.2, 0.25) is 0 Å². The third-order valence-electron chi connectivity index (χ3n) is 7.35. The quantitative estimate of drug-likeness (QED) is 0.290. The number of pyridine rings is 1. The minimum Gasteiger partial charge on any atom is -0.298 e. The van der Waals surface area contributed by atoms with Gasteiger partial charge in [-0.25, -0.2) is 10.4 Å². The number of benzene rings is 3. The van der Waals surface area contributed by atoms with E-state index in [0.29, 0.717) is 11.5 Å². The number of aromatic nitrogens is 1. The first-order chi connectivity index (χ1) is 18.1. The van der Waals surface area contributed by atoms with Crippen LogP contribution in [0.5, 0.6) is 0 Å². The number of carbonyl (C=O) groups excluding carboxylic acids is 1. The lowest BCUT2D eigenvalue weighted by molar-refractivity contribution is 0.0956. The van der Waals surface area contributed by atoms with Crippen LogP contribution in [0.3, 0.4) is 0 Å².